The number of nitrogens with zero attached hydrogens (tertiary/aromatic N) is 1. The Labute approximate surface area is 121 Å². The Bertz CT molecular complexity index is 508. The number of unbranched alkanes of at least 4 members (excludes halogenated alkanes) is 5. The Hall–Kier alpha value is -1.04. The third-order valence-electron chi connectivity index (χ3n) is 2.90. The Morgan fingerprint density at radius 1 is 1.16 bits per heavy atom. The second-order valence-corrected chi connectivity index (χ2v) is 5.36. The van der Waals surface area contributed by atoms with Gasteiger partial charge in [-0.25, -0.2) is 4.79 Å². The van der Waals surface area contributed by atoms with Gasteiger partial charge in [-0.15, -0.1) is 0 Å². The van der Waals surface area contributed by atoms with Crippen LogP contribution in [0, 0.1) is 6.92 Å². The molecule has 6 heteroatoms. The molecule has 0 unspecified atom stereocenters. The molecule has 1 rings (SSSR count). The van der Waals surface area contributed by atoms with E-state index >= 15 is 0 Å². The number of hydrogen-bond acceptors (Lipinski definition) is 3. The van der Waals surface area contributed by atoms with Crippen molar-refractivity contribution in [1.29, 1.82) is 0 Å². The topological polar surface area (TPSA) is 64.1 Å². The first-order valence-corrected chi connectivity index (χ1v) is 7.52. The lowest BCUT2D eigenvalue weighted by Gasteiger charge is -2.08. The zero-order chi connectivity index (χ0) is 14.3. The molecule has 0 aliphatic carbocycles. The van der Waals surface area contributed by atoms with Crippen molar-refractivity contribution in [2.24, 2.45) is 0 Å². The molecule has 108 valence electrons. The van der Waals surface area contributed by atoms with Gasteiger partial charge in [0.1, 0.15) is 11.1 Å². The van der Waals surface area contributed by atoms with E-state index in [0.717, 1.165) is 17.6 Å². The van der Waals surface area contributed by atoms with Crippen molar-refractivity contribution in [3.05, 3.63) is 31.0 Å². The molecule has 0 amide bonds. The molecular formula is C13H21BrN2O3. The fourth-order valence-corrected chi connectivity index (χ4v) is 2.02. The van der Waals surface area contributed by atoms with Gasteiger partial charge in [0.05, 0.1) is 0 Å². The first-order valence-electron chi connectivity index (χ1n) is 6.72. The number of rotatable bonds is 8. The van der Waals surface area contributed by atoms with Crippen LogP contribution in [0.3, 0.4) is 0 Å². The third-order valence-corrected chi connectivity index (χ3v) is 3.83. The molecule has 5 nitrogen and oxygen atoms in total. The van der Waals surface area contributed by atoms with E-state index in [2.05, 4.69) is 27.8 Å². The second kappa shape index (κ2) is 8.19. The summed E-state index contributed by atoms with van der Waals surface area (Å²) in [5.41, 5.74) is -0.474. The van der Waals surface area contributed by atoms with Crippen LogP contribution < -0.4 is 16.1 Å². The van der Waals surface area contributed by atoms with Crippen molar-refractivity contribution in [2.45, 2.75) is 52.4 Å². The van der Waals surface area contributed by atoms with Crippen LogP contribution in [0.1, 0.15) is 51.1 Å². The SMILES string of the molecule is CCCCCCCCOn1c(=O)[nH]c(C)c(Br)c1=O. The maximum Gasteiger partial charge on any atom is 0.362 e. The molecule has 19 heavy (non-hydrogen) atoms. The van der Waals surface area contributed by atoms with E-state index in [1.165, 1.54) is 25.7 Å². The van der Waals surface area contributed by atoms with Gasteiger partial charge in [0, 0.05) is 5.69 Å². The fraction of sp³-hybridized carbons (Fsp3) is 0.692. The quantitative estimate of drug-likeness (QED) is 0.743. The molecule has 0 saturated heterocycles. The van der Waals surface area contributed by atoms with Gasteiger partial charge >= 0.3 is 11.2 Å². The second-order valence-electron chi connectivity index (χ2n) is 4.57. The molecule has 0 spiro atoms. The van der Waals surface area contributed by atoms with Crippen LogP contribution >= 0.6 is 15.9 Å². The van der Waals surface area contributed by atoms with Crippen LogP contribution in [-0.2, 0) is 0 Å². The number of H-pyrrole nitrogens is 1. The summed E-state index contributed by atoms with van der Waals surface area (Å²) in [5.74, 6) is 0. The predicted molar refractivity (Wildman–Crippen MR) is 78.6 cm³/mol. The monoisotopic (exact) mass is 332 g/mol. The van der Waals surface area contributed by atoms with Crippen molar-refractivity contribution in [2.75, 3.05) is 6.61 Å². The molecule has 0 atom stereocenters. The Balaban J connectivity index is 2.44. The van der Waals surface area contributed by atoms with Crippen LogP contribution in [-0.4, -0.2) is 16.3 Å². The summed E-state index contributed by atoms with van der Waals surface area (Å²) in [7, 11) is 0. The van der Waals surface area contributed by atoms with Crippen LogP contribution in [0.15, 0.2) is 14.1 Å². The lowest BCUT2D eigenvalue weighted by atomic mass is 10.1. The molecule has 0 aliphatic heterocycles. The summed E-state index contributed by atoms with van der Waals surface area (Å²) < 4.78 is 1.11. The normalized spacial score (nSPS) is 10.7. The first kappa shape index (κ1) is 16.0. The molecular weight excluding hydrogens is 312 g/mol. The zero-order valence-corrected chi connectivity index (χ0v) is 13.1. The maximum atomic E-state index is 11.8. The van der Waals surface area contributed by atoms with Crippen molar-refractivity contribution in [3.63, 3.8) is 0 Å². The van der Waals surface area contributed by atoms with Gasteiger partial charge in [0.2, 0.25) is 0 Å². The van der Waals surface area contributed by atoms with Gasteiger partial charge in [-0.1, -0.05) is 37.3 Å². The van der Waals surface area contributed by atoms with Gasteiger partial charge in [0.25, 0.3) is 0 Å². The van der Waals surface area contributed by atoms with E-state index in [-0.39, 0.29) is 0 Å². The average molecular weight is 333 g/mol. The van der Waals surface area contributed by atoms with E-state index in [4.69, 9.17) is 4.84 Å². The third kappa shape index (κ3) is 4.86. The predicted octanol–water partition coefficient (Wildman–Crippen LogP) is 2.40. The minimum atomic E-state index is -0.531. The summed E-state index contributed by atoms with van der Waals surface area (Å²) in [6.45, 7) is 4.21. The van der Waals surface area contributed by atoms with Crippen molar-refractivity contribution in [3.8, 4) is 0 Å². The molecule has 0 bridgehead atoms. The van der Waals surface area contributed by atoms with Gasteiger partial charge < -0.3 is 9.82 Å². The number of hydrogen-bond donors (Lipinski definition) is 1. The Kier molecular flexibility index (Phi) is 6.91. The van der Waals surface area contributed by atoms with E-state index < -0.39 is 11.2 Å². The van der Waals surface area contributed by atoms with Gasteiger partial charge in [-0.2, -0.15) is 0 Å². The molecule has 0 aliphatic rings. The number of nitrogens with one attached hydrogen (secondary N) is 1. The highest BCUT2D eigenvalue weighted by Crippen LogP contribution is 2.05. The molecule has 0 fully saturated rings. The highest BCUT2D eigenvalue weighted by Gasteiger charge is 2.09. The maximum absolute atomic E-state index is 11.8. The van der Waals surface area contributed by atoms with E-state index in [1.54, 1.807) is 6.92 Å². The average Bonchev–Trinajstić information content (AvgIpc) is 2.38. The van der Waals surface area contributed by atoms with Gasteiger partial charge in [-0.3, -0.25) is 4.79 Å². The number of halogens is 1. The highest BCUT2D eigenvalue weighted by molar-refractivity contribution is 9.10. The summed E-state index contributed by atoms with van der Waals surface area (Å²) in [4.78, 5) is 31.2. The molecule has 1 aromatic rings. The lowest BCUT2D eigenvalue weighted by Crippen LogP contribution is -2.41. The van der Waals surface area contributed by atoms with Crippen LogP contribution in [0.25, 0.3) is 0 Å². The van der Waals surface area contributed by atoms with Crippen LogP contribution in [0.5, 0.6) is 0 Å². The Morgan fingerprint density at radius 2 is 1.79 bits per heavy atom. The molecule has 1 N–H and O–H groups in total. The smallest absolute Gasteiger partial charge is 0.362 e. The number of aromatic amines is 1. The number of aryl methyl sites for hydroxylation is 1. The van der Waals surface area contributed by atoms with Crippen LogP contribution in [0.4, 0.5) is 0 Å². The lowest BCUT2D eigenvalue weighted by molar-refractivity contribution is 0.0872. The van der Waals surface area contributed by atoms with Gasteiger partial charge in [-0.05, 0) is 35.7 Å². The van der Waals surface area contributed by atoms with E-state index in [9.17, 15) is 9.59 Å². The number of aromatic nitrogens is 2. The zero-order valence-electron chi connectivity index (χ0n) is 11.5. The minimum absolute atomic E-state index is 0.329. The summed E-state index contributed by atoms with van der Waals surface area (Å²) in [6, 6.07) is 0. The van der Waals surface area contributed by atoms with Crippen molar-refractivity contribution >= 4 is 15.9 Å². The molecule has 1 aromatic heterocycles. The Morgan fingerprint density at radius 3 is 2.47 bits per heavy atom. The van der Waals surface area contributed by atoms with E-state index in [1.807, 2.05) is 0 Å². The fourth-order valence-electron chi connectivity index (χ4n) is 1.76. The summed E-state index contributed by atoms with van der Waals surface area (Å²) >= 11 is 3.13. The van der Waals surface area contributed by atoms with Crippen LogP contribution in [0.2, 0.25) is 0 Å². The molecule has 0 radical (unpaired) electrons. The standard InChI is InChI=1S/C13H21BrN2O3/c1-3-4-5-6-7-8-9-19-16-12(17)11(14)10(2)15-13(16)18/h3-9H2,1-2H3,(H,15,18). The molecule has 0 saturated carbocycles. The molecule has 0 aromatic carbocycles. The summed E-state index contributed by atoms with van der Waals surface area (Å²) in [6.07, 6.45) is 6.78. The minimum Gasteiger partial charge on any atom is -0.406 e. The molecule has 1 heterocycles. The largest absolute Gasteiger partial charge is 0.406 e. The van der Waals surface area contributed by atoms with Crippen molar-refractivity contribution in [1.82, 2.24) is 9.71 Å². The van der Waals surface area contributed by atoms with Gasteiger partial charge in [0.15, 0.2) is 0 Å². The van der Waals surface area contributed by atoms with E-state index in [0.29, 0.717) is 16.8 Å². The highest BCUT2D eigenvalue weighted by atomic mass is 79.9. The van der Waals surface area contributed by atoms with Crippen molar-refractivity contribution < 1.29 is 4.84 Å². The summed E-state index contributed by atoms with van der Waals surface area (Å²) in [5, 5.41) is 0. The first-order chi connectivity index (χ1) is 9.07.